The van der Waals surface area contributed by atoms with Crippen LogP contribution in [0.4, 0.5) is 0 Å². The predicted molar refractivity (Wildman–Crippen MR) is 52.6 cm³/mol. The van der Waals surface area contributed by atoms with Crippen molar-refractivity contribution in [3.05, 3.63) is 0 Å². The molecule has 5 nitrogen and oxygen atoms in total. The maximum absolute atomic E-state index is 11.1. The third kappa shape index (κ3) is 5.53. The van der Waals surface area contributed by atoms with E-state index in [0.29, 0.717) is 6.54 Å². The number of carbonyl (C=O) groups is 2. The van der Waals surface area contributed by atoms with Gasteiger partial charge < -0.3 is 15.7 Å². The van der Waals surface area contributed by atoms with Gasteiger partial charge in [0, 0.05) is 6.54 Å². The summed E-state index contributed by atoms with van der Waals surface area (Å²) in [6.07, 6.45) is 0.852. The second kappa shape index (κ2) is 5.59. The van der Waals surface area contributed by atoms with Gasteiger partial charge in [-0.3, -0.25) is 9.59 Å². The molecular formula is C9H18N2O3. The summed E-state index contributed by atoms with van der Waals surface area (Å²) in [5, 5.41) is 14.2. The van der Waals surface area contributed by atoms with Gasteiger partial charge >= 0.3 is 0 Å². The minimum Gasteiger partial charge on any atom is -0.381 e. The Morgan fingerprint density at radius 2 is 1.86 bits per heavy atom. The molecule has 0 aromatic carbocycles. The van der Waals surface area contributed by atoms with Gasteiger partial charge in [-0.15, -0.1) is 0 Å². The van der Waals surface area contributed by atoms with Gasteiger partial charge in [-0.2, -0.15) is 0 Å². The Bertz CT molecular complexity index is 209. The van der Waals surface area contributed by atoms with Gasteiger partial charge in [0.25, 0.3) is 5.91 Å². The molecule has 0 bridgehead atoms. The lowest BCUT2D eigenvalue weighted by atomic mass is 10.1. The van der Waals surface area contributed by atoms with Crippen LogP contribution in [0, 0.1) is 0 Å². The fraction of sp³-hybridized carbons (Fsp3) is 0.778. The molecule has 5 heteroatoms. The average Bonchev–Trinajstić information content (AvgIpc) is 2.09. The molecule has 0 fully saturated rings. The SMILES string of the molecule is CCCNC(=O)CNC(=O)C(C)(C)O. The zero-order valence-corrected chi connectivity index (χ0v) is 8.89. The molecule has 0 atom stereocenters. The molecule has 0 saturated carbocycles. The van der Waals surface area contributed by atoms with E-state index in [1.54, 1.807) is 0 Å². The molecule has 0 aromatic rings. The molecule has 0 radical (unpaired) electrons. The summed E-state index contributed by atoms with van der Waals surface area (Å²) in [5.74, 6) is -0.798. The lowest BCUT2D eigenvalue weighted by Gasteiger charge is -2.16. The van der Waals surface area contributed by atoms with Crippen LogP contribution in [0.2, 0.25) is 0 Å². The van der Waals surface area contributed by atoms with E-state index in [-0.39, 0.29) is 12.5 Å². The van der Waals surface area contributed by atoms with Crippen LogP contribution in [0.1, 0.15) is 27.2 Å². The van der Waals surface area contributed by atoms with E-state index in [4.69, 9.17) is 0 Å². The summed E-state index contributed by atoms with van der Waals surface area (Å²) < 4.78 is 0. The number of rotatable bonds is 5. The number of nitrogens with one attached hydrogen (secondary N) is 2. The van der Waals surface area contributed by atoms with E-state index in [2.05, 4.69) is 10.6 Å². The lowest BCUT2D eigenvalue weighted by Crippen LogP contribution is -2.46. The molecule has 0 rings (SSSR count). The summed E-state index contributed by atoms with van der Waals surface area (Å²) >= 11 is 0. The van der Waals surface area contributed by atoms with Crippen molar-refractivity contribution in [1.82, 2.24) is 10.6 Å². The molecule has 82 valence electrons. The van der Waals surface area contributed by atoms with Crippen LogP contribution < -0.4 is 10.6 Å². The smallest absolute Gasteiger partial charge is 0.251 e. The molecule has 14 heavy (non-hydrogen) atoms. The highest BCUT2D eigenvalue weighted by Gasteiger charge is 2.23. The number of aliphatic hydroxyl groups is 1. The molecule has 0 spiro atoms. The Kier molecular flexibility index (Phi) is 5.15. The number of carbonyl (C=O) groups excluding carboxylic acids is 2. The summed E-state index contributed by atoms with van der Waals surface area (Å²) in [5.41, 5.74) is -1.44. The standard InChI is InChI=1S/C9H18N2O3/c1-4-5-10-7(12)6-11-8(13)9(2,3)14/h14H,4-6H2,1-3H3,(H,10,12)(H,11,13). The first-order chi connectivity index (χ1) is 6.38. The van der Waals surface area contributed by atoms with E-state index in [0.717, 1.165) is 6.42 Å². The van der Waals surface area contributed by atoms with Crippen LogP contribution in [-0.2, 0) is 9.59 Å². The Balaban J connectivity index is 3.73. The molecule has 2 amide bonds. The topological polar surface area (TPSA) is 78.4 Å². The van der Waals surface area contributed by atoms with Gasteiger partial charge in [0.1, 0.15) is 5.60 Å². The van der Waals surface area contributed by atoms with Crippen molar-refractivity contribution in [2.45, 2.75) is 32.8 Å². The average molecular weight is 202 g/mol. The highest BCUT2D eigenvalue weighted by molar-refractivity contribution is 5.88. The fourth-order valence-electron chi connectivity index (χ4n) is 0.704. The zero-order valence-electron chi connectivity index (χ0n) is 8.89. The first-order valence-corrected chi connectivity index (χ1v) is 4.65. The Hall–Kier alpha value is -1.10. The summed E-state index contributed by atoms with van der Waals surface area (Å²) in [6, 6.07) is 0. The number of amides is 2. The summed E-state index contributed by atoms with van der Waals surface area (Å²) in [6.45, 7) is 5.17. The molecule has 0 aliphatic heterocycles. The van der Waals surface area contributed by atoms with E-state index < -0.39 is 11.5 Å². The second-order valence-electron chi connectivity index (χ2n) is 3.59. The van der Waals surface area contributed by atoms with E-state index in [1.165, 1.54) is 13.8 Å². The molecule has 0 heterocycles. The Labute approximate surface area is 83.9 Å². The molecular weight excluding hydrogens is 184 g/mol. The fourth-order valence-corrected chi connectivity index (χ4v) is 0.704. The second-order valence-corrected chi connectivity index (χ2v) is 3.59. The third-order valence-corrected chi connectivity index (χ3v) is 1.54. The van der Waals surface area contributed by atoms with Gasteiger partial charge in [-0.25, -0.2) is 0 Å². The molecule has 0 aromatic heterocycles. The molecule has 0 aliphatic rings. The van der Waals surface area contributed by atoms with Crippen molar-refractivity contribution in [2.24, 2.45) is 0 Å². The largest absolute Gasteiger partial charge is 0.381 e. The first-order valence-electron chi connectivity index (χ1n) is 4.65. The summed E-state index contributed by atoms with van der Waals surface area (Å²) in [4.78, 5) is 22.1. The highest BCUT2D eigenvalue weighted by atomic mass is 16.3. The Morgan fingerprint density at radius 1 is 1.29 bits per heavy atom. The predicted octanol–water partition coefficient (Wildman–Crippen LogP) is -0.600. The van der Waals surface area contributed by atoms with Crippen LogP contribution in [0.3, 0.4) is 0 Å². The molecule has 0 aliphatic carbocycles. The van der Waals surface area contributed by atoms with Gasteiger partial charge in [0.05, 0.1) is 6.54 Å². The summed E-state index contributed by atoms with van der Waals surface area (Å²) in [7, 11) is 0. The maximum atomic E-state index is 11.1. The van der Waals surface area contributed by atoms with Crippen molar-refractivity contribution in [1.29, 1.82) is 0 Å². The van der Waals surface area contributed by atoms with Gasteiger partial charge in [-0.05, 0) is 20.3 Å². The van der Waals surface area contributed by atoms with Crippen molar-refractivity contribution >= 4 is 11.8 Å². The highest BCUT2D eigenvalue weighted by Crippen LogP contribution is 1.98. The quantitative estimate of drug-likeness (QED) is 0.557. The first kappa shape index (κ1) is 12.9. The maximum Gasteiger partial charge on any atom is 0.251 e. The molecule has 0 unspecified atom stereocenters. The van der Waals surface area contributed by atoms with Crippen LogP contribution in [0.5, 0.6) is 0 Å². The number of hydrogen-bond acceptors (Lipinski definition) is 3. The van der Waals surface area contributed by atoms with Crippen molar-refractivity contribution in [2.75, 3.05) is 13.1 Å². The minimum atomic E-state index is -1.44. The van der Waals surface area contributed by atoms with Gasteiger partial charge in [0.15, 0.2) is 0 Å². The number of hydrogen-bond donors (Lipinski definition) is 3. The third-order valence-electron chi connectivity index (χ3n) is 1.54. The van der Waals surface area contributed by atoms with Crippen molar-refractivity contribution < 1.29 is 14.7 Å². The molecule has 3 N–H and O–H groups in total. The molecule has 0 saturated heterocycles. The van der Waals surface area contributed by atoms with Crippen LogP contribution >= 0.6 is 0 Å². The van der Waals surface area contributed by atoms with Crippen molar-refractivity contribution in [3.8, 4) is 0 Å². The van der Waals surface area contributed by atoms with Crippen LogP contribution in [-0.4, -0.2) is 35.6 Å². The van der Waals surface area contributed by atoms with Gasteiger partial charge in [-0.1, -0.05) is 6.92 Å². The Morgan fingerprint density at radius 3 is 2.29 bits per heavy atom. The van der Waals surface area contributed by atoms with Crippen LogP contribution in [0.15, 0.2) is 0 Å². The normalized spacial score (nSPS) is 10.9. The van der Waals surface area contributed by atoms with E-state index in [1.807, 2.05) is 6.92 Å². The minimum absolute atomic E-state index is 0.0944. The van der Waals surface area contributed by atoms with E-state index >= 15 is 0 Å². The lowest BCUT2D eigenvalue weighted by molar-refractivity contribution is -0.137. The van der Waals surface area contributed by atoms with Crippen LogP contribution in [0.25, 0.3) is 0 Å². The van der Waals surface area contributed by atoms with Gasteiger partial charge in [0.2, 0.25) is 5.91 Å². The van der Waals surface area contributed by atoms with Crippen molar-refractivity contribution in [3.63, 3.8) is 0 Å². The monoisotopic (exact) mass is 202 g/mol. The zero-order chi connectivity index (χ0) is 11.2. The van der Waals surface area contributed by atoms with E-state index in [9.17, 15) is 14.7 Å².